The van der Waals surface area contributed by atoms with Crippen molar-refractivity contribution in [1.29, 1.82) is 0 Å². The van der Waals surface area contributed by atoms with Gasteiger partial charge in [-0.1, -0.05) is 50.0 Å². The second-order valence-electron chi connectivity index (χ2n) is 12.4. The van der Waals surface area contributed by atoms with Gasteiger partial charge in [-0.15, -0.1) is 0 Å². The first-order valence-electron chi connectivity index (χ1n) is 17.8. The molecule has 0 fully saturated rings. The zero-order chi connectivity index (χ0) is 37.6. The fourth-order valence-electron chi connectivity index (χ4n) is 6.09. The highest BCUT2D eigenvalue weighted by Crippen LogP contribution is 2.39. The molecule has 1 heterocycles. The minimum absolute atomic E-state index is 0.168. The molecule has 1 atom stereocenters. The Morgan fingerprint density at radius 1 is 0.528 bits per heavy atom. The number of nitrogens with one attached hydrogen (secondary N) is 2. The number of unbranched alkanes of at least 4 members (excludes halogenated alkanes) is 5. The van der Waals surface area contributed by atoms with Crippen LogP contribution < -0.4 is 48.5 Å². The van der Waals surface area contributed by atoms with Crippen molar-refractivity contribution in [1.82, 2.24) is 5.32 Å². The van der Waals surface area contributed by atoms with E-state index in [1.165, 1.54) is 0 Å². The quantitative estimate of drug-likeness (QED) is 0.0678. The van der Waals surface area contributed by atoms with Crippen LogP contribution in [0.5, 0.6) is 46.0 Å². The van der Waals surface area contributed by atoms with Crippen LogP contribution in [0.15, 0.2) is 66.7 Å². The first-order valence-corrected chi connectivity index (χ1v) is 17.8. The highest BCUT2D eigenvalue weighted by atomic mass is 16.5. The lowest BCUT2D eigenvalue weighted by Gasteiger charge is -2.28. The molecule has 11 heteroatoms. The Morgan fingerprint density at radius 3 is 1.77 bits per heavy atom. The second-order valence-corrected chi connectivity index (χ2v) is 12.4. The summed E-state index contributed by atoms with van der Waals surface area (Å²) in [5.41, 5.74) is 4.05. The van der Waals surface area contributed by atoms with Gasteiger partial charge in [0.05, 0.1) is 61.4 Å². The Hall–Kier alpha value is -5.71. The molecule has 1 aliphatic heterocycles. The molecule has 0 spiro atoms. The molecule has 0 bridgehead atoms. The molecule has 4 aromatic carbocycles. The number of hydrogen-bond acceptors (Lipinski definition) is 10. The Kier molecular flexibility index (Phi) is 14.0. The number of anilines is 1. The average molecular weight is 727 g/mol. The minimum atomic E-state index is -0.396. The lowest BCUT2D eigenvalue weighted by Crippen LogP contribution is -2.38. The van der Waals surface area contributed by atoms with Gasteiger partial charge in [-0.2, -0.15) is 0 Å². The van der Waals surface area contributed by atoms with Gasteiger partial charge in [0.2, 0.25) is 5.75 Å². The molecular formula is C42H50N2O9. The summed E-state index contributed by atoms with van der Waals surface area (Å²) in [5, 5.41) is 6.38. The molecule has 53 heavy (non-hydrogen) atoms. The number of carbonyl (C=O) groups is 1. The number of amides is 1. The van der Waals surface area contributed by atoms with Crippen LogP contribution in [0.4, 0.5) is 5.69 Å². The van der Waals surface area contributed by atoms with E-state index >= 15 is 0 Å². The predicted octanol–water partition coefficient (Wildman–Crippen LogP) is 8.56. The van der Waals surface area contributed by atoms with Crippen molar-refractivity contribution in [2.24, 2.45) is 0 Å². The highest BCUT2D eigenvalue weighted by Gasteiger charge is 2.26. The number of rotatable bonds is 20. The monoisotopic (exact) mass is 726 g/mol. The normalized spacial score (nSPS) is 13.4. The van der Waals surface area contributed by atoms with Crippen LogP contribution in [0.3, 0.4) is 0 Å². The largest absolute Gasteiger partial charge is 0.497 e. The van der Waals surface area contributed by atoms with Crippen molar-refractivity contribution in [3.05, 3.63) is 89.0 Å². The number of methoxy groups -OCH3 is 6. The molecule has 0 radical (unpaired) electrons. The number of fused-ring (bicyclic) bond motifs is 1. The Balaban J connectivity index is 1.01. The Bertz CT molecular complexity index is 1830. The van der Waals surface area contributed by atoms with Crippen molar-refractivity contribution >= 4 is 23.7 Å². The van der Waals surface area contributed by atoms with Gasteiger partial charge in [-0.3, -0.25) is 4.79 Å². The molecule has 5 rings (SSSR count). The molecule has 0 aromatic heterocycles. The summed E-state index contributed by atoms with van der Waals surface area (Å²) in [5.74, 6) is 4.93. The van der Waals surface area contributed by atoms with Gasteiger partial charge in [-0.25, -0.2) is 0 Å². The van der Waals surface area contributed by atoms with Crippen molar-refractivity contribution in [2.75, 3.05) is 61.2 Å². The summed E-state index contributed by atoms with van der Waals surface area (Å²) in [6.07, 6.45) is 9.86. The van der Waals surface area contributed by atoms with E-state index in [0.717, 1.165) is 60.9 Å². The zero-order valence-electron chi connectivity index (χ0n) is 31.4. The van der Waals surface area contributed by atoms with Crippen molar-refractivity contribution < 1.29 is 42.7 Å². The molecule has 1 aliphatic rings. The summed E-state index contributed by atoms with van der Waals surface area (Å²) >= 11 is 0. The number of hydrogen-bond donors (Lipinski definition) is 2. The maximum absolute atomic E-state index is 12.8. The fourth-order valence-corrected chi connectivity index (χ4v) is 6.09. The van der Waals surface area contributed by atoms with Crippen LogP contribution in [-0.4, -0.2) is 61.8 Å². The van der Waals surface area contributed by atoms with Gasteiger partial charge in [-0.05, 0) is 84.1 Å². The van der Waals surface area contributed by atoms with Gasteiger partial charge in [0.15, 0.2) is 34.5 Å². The molecule has 4 aromatic rings. The molecule has 282 valence electrons. The summed E-state index contributed by atoms with van der Waals surface area (Å²) < 4.78 is 45.0. The smallest absolute Gasteiger partial charge is 0.255 e. The van der Waals surface area contributed by atoms with E-state index in [9.17, 15) is 4.79 Å². The fraction of sp³-hybridized carbons (Fsp3) is 0.357. The molecule has 0 saturated heterocycles. The molecular weight excluding hydrogens is 676 g/mol. The predicted molar refractivity (Wildman–Crippen MR) is 207 cm³/mol. The van der Waals surface area contributed by atoms with Gasteiger partial charge < -0.3 is 48.5 Å². The van der Waals surface area contributed by atoms with Crippen LogP contribution >= 0.6 is 0 Å². The van der Waals surface area contributed by atoms with Crippen LogP contribution in [0.2, 0.25) is 0 Å². The molecule has 11 nitrogen and oxygen atoms in total. The lowest BCUT2D eigenvalue weighted by atomic mass is 10.0. The lowest BCUT2D eigenvalue weighted by molar-refractivity contribution is 0.0935. The Labute approximate surface area is 312 Å². The first kappa shape index (κ1) is 38.5. The topological polar surface area (TPSA) is 115 Å². The zero-order valence-corrected chi connectivity index (χ0v) is 31.4. The second kappa shape index (κ2) is 19.2. The molecule has 1 unspecified atom stereocenters. The maximum Gasteiger partial charge on any atom is 0.255 e. The molecule has 0 saturated carbocycles. The summed E-state index contributed by atoms with van der Waals surface area (Å²) in [4.78, 5) is 12.8. The average Bonchev–Trinajstić information content (AvgIpc) is 3.20. The van der Waals surface area contributed by atoms with Crippen molar-refractivity contribution in [2.45, 2.75) is 44.7 Å². The van der Waals surface area contributed by atoms with Crippen molar-refractivity contribution in [3.8, 4) is 46.0 Å². The van der Waals surface area contributed by atoms with E-state index in [1.807, 2.05) is 72.8 Å². The van der Waals surface area contributed by atoms with Crippen LogP contribution in [0.1, 0.15) is 71.7 Å². The van der Waals surface area contributed by atoms with Gasteiger partial charge in [0.1, 0.15) is 11.9 Å². The van der Waals surface area contributed by atoms with Gasteiger partial charge in [0.25, 0.3) is 5.91 Å². The highest BCUT2D eigenvalue weighted by molar-refractivity contribution is 6.02. The SMILES string of the molecule is COc1ccc2c(c1)C(=O)NC(c1ccc(OCCCCCCCCOc3cc(C=Cc4cc(OC)c(OC)c(OC)c4)ccc3OC)c(OC)c1)N2. The van der Waals surface area contributed by atoms with Crippen molar-refractivity contribution in [3.63, 3.8) is 0 Å². The third-order valence-electron chi connectivity index (χ3n) is 8.96. The van der Waals surface area contributed by atoms with E-state index in [0.29, 0.717) is 64.8 Å². The third kappa shape index (κ3) is 10.0. The van der Waals surface area contributed by atoms with Gasteiger partial charge >= 0.3 is 0 Å². The molecule has 1 amide bonds. The summed E-state index contributed by atoms with van der Waals surface area (Å²) in [6.45, 7) is 1.20. The van der Waals surface area contributed by atoms with Crippen LogP contribution in [0, 0.1) is 0 Å². The van der Waals surface area contributed by atoms with E-state index in [1.54, 1.807) is 48.7 Å². The van der Waals surface area contributed by atoms with E-state index in [2.05, 4.69) is 10.6 Å². The Morgan fingerprint density at radius 2 is 1.13 bits per heavy atom. The van der Waals surface area contributed by atoms with E-state index < -0.39 is 6.17 Å². The maximum atomic E-state index is 12.8. The number of ether oxygens (including phenoxy) is 8. The first-order chi connectivity index (χ1) is 25.9. The van der Waals surface area contributed by atoms with Crippen LogP contribution in [0.25, 0.3) is 12.2 Å². The number of benzene rings is 4. The summed E-state index contributed by atoms with van der Waals surface area (Å²) in [6, 6.07) is 20.8. The third-order valence-corrected chi connectivity index (χ3v) is 8.96. The standard InChI is InChI=1S/C42H50N2O9/c1-46-31-17-18-33-32(27-31)42(45)44-41(43-33)30-16-20-35(36(26-30)48-3)52-21-11-9-7-8-10-12-22-53-37-23-28(15-19-34(37)47-2)13-14-29-24-38(49-4)40(51-6)39(25-29)50-5/h13-20,23-27,41,43H,7-12,21-22H2,1-6H3,(H,44,45). The van der Waals surface area contributed by atoms with E-state index in [4.69, 9.17) is 37.9 Å². The molecule has 2 N–H and O–H groups in total. The van der Waals surface area contributed by atoms with E-state index in [-0.39, 0.29) is 5.91 Å². The summed E-state index contributed by atoms with van der Waals surface area (Å²) in [7, 11) is 9.64. The van der Waals surface area contributed by atoms with Crippen LogP contribution in [-0.2, 0) is 0 Å². The minimum Gasteiger partial charge on any atom is -0.497 e. The number of carbonyl (C=O) groups excluding carboxylic acids is 1. The van der Waals surface area contributed by atoms with Gasteiger partial charge in [0, 0.05) is 5.69 Å². The molecule has 0 aliphatic carbocycles.